The molecule has 1 saturated heterocycles. The second-order valence-electron chi connectivity index (χ2n) is 8.38. The molecule has 4 N–H and O–H groups in total. The predicted molar refractivity (Wildman–Crippen MR) is 133 cm³/mol. The van der Waals surface area contributed by atoms with E-state index >= 15 is 0 Å². The Balaban J connectivity index is 1.57. The monoisotopic (exact) mass is 469 g/mol. The van der Waals surface area contributed by atoms with Crippen LogP contribution in [0.4, 0.5) is 16.2 Å². The number of rotatable bonds is 8. The van der Waals surface area contributed by atoms with Crippen molar-refractivity contribution in [2.24, 2.45) is 0 Å². The van der Waals surface area contributed by atoms with Crippen LogP contribution in [-0.4, -0.2) is 78.6 Å². The average molecular weight is 470 g/mol. The average Bonchev–Trinajstić information content (AvgIpc) is 2.88. The molecule has 1 heterocycles. The molecule has 0 radical (unpaired) electrons. The van der Waals surface area contributed by atoms with E-state index in [1.165, 1.54) is 23.7 Å². The number of amides is 3. The summed E-state index contributed by atoms with van der Waals surface area (Å²) >= 11 is 0. The van der Waals surface area contributed by atoms with Gasteiger partial charge < -0.3 is 25.1 Å². The van der Waals surface area contributed by atoms with Crippen molar-refractivity contribution in [1.29, 1.82) is 0 Å². The van der Waals surface area contributed by atoms with Gasteiger partial charge in [-0.1, -0.05) is 24.3 Å². The molecule has 0 saturated carbocycles. The summed E-state index contributed by atoms with van der Waals surface area (Å²) in [7, 11) is 0. The molecule has 3 amide bonds. The molecule has 34 heavy (non-hydrogen) atoms. The Labute approximate surface area is 200 Å². The zero-order valence-electron chi connectivity index (χ0n) is 20.1. The standard InChI is InChI=1S/C25H35N5O4/c1-4-28(5-2)21-10-6-19(7-11-21)20-8-12-22(13-9-20)29-14-16-30(17-15-29)25(33)26-23(18(3)31)24(32)27-34/h6-13,18,23,31,34H,4-5,14-17H2,1-3H3,(H,26,33)(H,27,32)/t18-,23+/m1/s1. The number of nitrogens with zero attached hydrogens (tertiary/aromatic N) is 3. The molecule has 0 spiro atoms. The summed E-state index contributed by atoms with van der Waals surface area (Å²) in [6.45, 7) is 9.92. The van der Waals surface area contributed by atoms with Crippen LogP contribution >= 0.6 is 0 Å². The topological polar surface area (TPSA) is 108 Å². The molecule has 2 aromatic rings. The molecule has 0 bridgehead atoms. The van der Waals surface area contributed by atoms with Crippen molar-refractivity contribution in [2.45, 2.75) is 32.9 Å². The highest BCUT2D eigenvalue weighted by molar-refractivity contribution is 5.87. The quantitative estimate of drug-likeness (QED) is 0.349. The van der Waals surface area contributed by atoms with E-state index in [0.717, 1.165) is 24.3 Å². The number of anilines is 2. The number of piperazine rings is 1. The lowest BCUT2D eigenvalue weighted by molar-refractivity contribution is -0.133. The van der Waals surface area contributed by atoms with Crippen LogP contribution in [0.25, 0.3) is 11.1 Å². The van der Waals surface area contributed by atoms with E-state index in [1.54, 1.807) is 4.90 Å². The van der Waals surface area contributed by atoms with Gasteiger partial charge in [-0.2, -0.15) is 0 Å². The van der Waals surface area contributed by atoms with Gasteiger partial charge in [-0.05, 0) is 56.2 Å². The third-order valence-corrected chi connectivity index (χ3v) is 6.28. The Morgan fingerprint density at radius 3 is 1.94 bits per heavy atom. The first-order valence-electron chi connectivity index (χ1n) is 11.8. The Kier molecular flexibility index (Phi) is 8.72. The normalized spacial score (nSPS) is 15.4. The van der Waals surface area contributed by atoms with Crippen LogP contribution in [-0.2, 0) is 4.79 Å². The summed E-state index contributed by atoms with van der Waals surface area (Å²) < 4.78 is 0. The Morgan fingerprint density at radius 1 is 0.941 bits per heavy atom. The summed E-state index contributed by atoms with van der Waals surface area (Å²) in [6.07, 6.45) is -1.13. The fraction of sp³-hybridized carbons (Fsp3) is 0.440. The van der Waals surface area contributed by atoms with Crippen molar-refractivity contribution >= 4 is 23.3 Å². The van der Waals surface area contributed by atoms with Gasteiger partial charge in [0, 0.05) is 50.6 Å². The maximum Gasteiger partial charge on any atom is 0.318 e. The number of hydroxylamine groups is 1. The molecule has 3 rings (SSSR count). The number of carbonyl (C=O) groups is 2. The van der Waals surface area contributed by atoms with Gasteiger partial charge in [-0.15, -0.1) is 0 Å². The van der Waals surface area contributed by atoms with Crippen LogP contribution in [0, 0.1) is 0 Å². The van der Waals surface area contributed by atoms with Gasteiger partial charge in [0.15, 0.2) is 0 Å². The van der Waals surface area contributed by atoms with Crippen LogP contribution < -0.4 is 20.6 Å². The maximum atomic E-state index is 12.5. The molecular weight excluding hydrogens is 434 g/mol. The van der Waals surface area contributed by atoms with Crippen molar-refractivity contribution in [2.75, 3.05) is 49.1 Å². The van der Waals surface area contributed by atoms with E-state index < -0.39 is 24.1 Å². The number of benzene rings is 2. The lowest BCUT2D eigenvalue weighted by atomic mass is 10.0. The second kappa shape index (κ2) is 11.7. The van der Waals surface area contributed by atoms with Crippen molar-refractivity contribution < 1.29 is 19.9 Å². The number of hydrogen-bond acceptors (Lipinski definition) is 6. The molecule has 0 unspecified atom stereocenters. The van der Waals surface area contributed by atoms with Gasteiger partial charge in [-0.25, -0.2) is 10.3 Å². The largest absolute Gasteiger partial charge is 0.391 e. The summed E-state index contributed by atoms with van der Waals surface area (Å²) in [5.41, 5.74) is 6.11. The smallest absolute Gasteiger partial charge is 0.318 e. The summed E-state index contributed by atoms with van der Waals surface area (Å²) in [4.78, 5) is 30.3. The zero-order chi connectivity index (χ0) is 24.7. The fourth-order valence-electron chi connectivity index (χ4n) is 4.18. The number of urea groups is 1. The Morgan fingerprint density at radius 2 is 1.47 bits per heavy atom. The summed E-state index contributed by atoms with van der Waals surface area (Å²) in [6, 6.07) is 15.4. The minimum atomic E-state index is -1.22. The first kappa shape index (κ1) is 25.3. The van der Waals surface area contributed by atoms with Crippen LogP contribution in [0.1, 0.15) is 20.8 Å². The highest BCUT2D eigenvalue weighted by Crippen LogP contribution is 2.26. The molecule has 2 atom stereocenters. The van der Waals surface area contributed by atoms with Crippen molar-refractivity contribution in [3.63, 3.8) is 0 Å². The highest BCUT2D eigenvalue weighted by Gasteiger charge is 2.29. The lowest BCUT2D eigenvalue weighted by Crippen LogP contribution is -2.58. The number of aliphatic hydroxyl groups is 1. The number of nitrogens with one attached hydrogen (secondary N) is 2. The molecule has 0 aliphatic carbocycles. The summed E-state index contributed by atoms with van der Waals surface area (Å²) in [5.74, 6) is -0.857. The second-order valence-corrected chi connectivity index (χ2v) is 8.38. The van der Waals surface area contributed by atoms with Crippen molar-refractivity contribution in [1.82, 2.24) is 15.7 Å². The molecule has 2 aromatic carbocycles. The number of aliphatic hydroxyl groups excluding tert-OH is 1. The molecule has 1 aliphatic rings. The first-order valence-corrected chi connectivity index (χ1v) is 11.8. The van der Waals surface area contributed by atoms with Gasteiger partial charge in [0.05, 0.1) is 6.10 Å². The van der Waals surface area contributed by atoms with E-state index in [9.17, 15) is 14.7 Å². The van der Waals surface area contributed by atoms with Gasteiger partial charge in [-0.3, -0.25) is 10.0 Å². The minimum Gasteiger partial charge on any atom is -0.391 e. The third kappa shape index (κ3) is 5.98. The minimum absolute atomic E-state index is 0.447. The Bertz CT molecular complexity index is 937. The van der Waals surface area contributed by atoms with Crippen LogP contribution in [0.3, 0.4) is 0 Å². The molecular formula is C25H35N5O4. The fourth-order valence-corrected chi connectivity index (χ4v) is 4.18. The van der Waals surface area contributed by atoms with Gasteiger partial charge in [0.25, 0.3) is 5.91 Å². The Hall–Kier alpha value is -3.30. The van der Waals surface area contributed by atoms with Gasteiger partial charge in [0.1, 0.15) is 6.04 Å². The lowest BCUT2D eigenvalue weighted by Gasteiger charge is -2.36. The van der Waals surface area contributed by atoms with E-state index in [1.807, 2.05) is 0 Å². The van der Waals surface area contributed by atoms with Crippen molar-refractivity contribution in [3.05, 3.63) is 48.5 Å². The van der Waals surface area contributed by atoms with Crippen molar-refractivity contribution in [3.8, 4) is 11.1 Å². The van der Waals surface area contributed by atoms with Crippen LogP contribution in [0.2, 0.25) is 0 Å². The number of hydrogen-bond donors (Lipinski definition) is 4. The van der Waals surface area contributed by atoms with E-state index in [2.05, 4.69) is 77.5 Å². The molecule has 0 aromatic heterocycles. The predicted octanol–water partition coefficient (Wildman–Crippen LogP) is 2.29. The molecule has 9 heteroatoms. The van der Waals surface area contributed by atoms with Gasteiger partial charge in [0.2, 0.25) is 0 Å². The SMILES string of the molecule is CCN(CC)c1ccc(-c2ccc(N3CCN(C(=O)N[C@H](C(=O)NO)[C@@H](C)O)CC3)cc2)cc1. The number of carbonyl (C=O) groups excluding carboxylic acids is 2. The highest BCUT2D eigenvalue weighted by atomic mass is 16.5. The first-order chi connectivity index (χ1) is 16.4. The molecule has 1 aliphatic heterocycles. The molecule has 1 fully saturated rings. The molecule has 184 valence electrons. The van der Waals surface area contributed by atoms with E-state index in [4.69, 9.17) is 5.21 Å². The third-order valence-electron chi connectivity index (χ3n) is 6.28. The van der Waals surface area contributed by atoms with Crippen LogP contribution in [0.15, 0.2) is 48.5 Å². The summed E-state index contributed by atoms with van der Waals surface area (Å²) in [5, 5.41) is 21.0. The van der Waals surface area contributed by atoms with E-state index in [-0.39, 0.29) is 0 Å². The zero-order valence-corrected chi connectivity index (χ0v) is 20.1. The molecule has 9 nitrogen and oxygen atoms in total. The van der Waals surface area contributed by atoms with E-state index in [0.29, 0.717) is 26.2 Å². The van der Waals surface area contributed by atoms with Gasteiger partial charge >= 0.3 is 6.03 Å². The maximum absolute atomic E-state index is 12.5. The van der Waals surface area contributed by atoms with Crippen LogP contribution in [0.5, 0.6) is 0 Å².